The zero-order valence-corrected chi connectivity index (χ0v) is 5.20. The second kappa shape index (κ2) is 2.69. The summed E-state index contributed by atoms with van der Waals surface area (Å²) in [7, 11) is 6.18. The summed E-state index contributed by atoms with van der Waals surface area (Å²) in [5.41, 5.74) is 0.257. The standard InChI is InChI=1S/C6H3B2O2/c7-8-5-3-4(9)1-2-6(5)10/h1-3H. The third-order valence-electron chi connectivity index (χ3n) is 1.16. The van der Waals surface area contributed by atoms with Crippen molar-refractivity contribution >= 4 is 26.5 Å². The molecule has 0 aliphatic heterocycles. The average molecular weight is 129 g/mol. The zero-order valence-electron chi connectivity index (χ0n) is 5.20. The number of rotatable bonds is 1. The Morgan fingerprint density at radius 3 is 2.50 bits per heavy atom. The van der Waals surface area contributed by atoms with E-state index in [1.807, 2.05) is 0 Å². The minimum absolute atomic E-state index is 0.198. The van der Waals surface area contributed by atoms with Crippen LogP contribution in [0.2, 0.25) is 0 Å². The monoisotopic (exact) mass is 129 g/mol. The van der Waals surface area contributed by atoms with Crippen molar-refractivity contribution in [1.82, 2.24) is 0 Å². The number of carbonyl (C=O) groups is 2. The van der Waals surface area contributed by atoms with Gasteiger partial charge in [-0.2, -0.15) is 0 Å². The molecule has 0 N–H and O–H groups in total. The summed E-state index contributed by atoms with van der Waals surface area (Å²) >= 11 is 0. The molecule has 3 radical (unpaired) electrons. The van der Waals surface area contributed by atoms with Crippen LogP contribution in [0.15, 0.2) is 23.7 Å². The van der Waals surface area contributed by atoms with E-state index in [-0.39, 0.29) is 17.0 Å². The molecule has 0 saturated heterocycles. The van der Waals surface area contributed by atoms with Gasteiger partial charge in [-0.05, 0) is 23.7 Å². The normalized spacial score (nSPS) is 17.0. The maximum absolute atomic E-state index is 10.8. The molecule has 0 heterocycles. The lowest BCUT2D eigenvalue weighted by Crippen LogP contribution is -2.12. The molecule has 0 bridgehead atoms. The molecular weight excluding hydrogens is 126 g/mol. The lowest BCUT2D eigenvalue weighted by Gasteiger charge is -2.01. The Hall–Kier alpha value is -1.05. The van der Waals surface area contributed by atoms with Crippen molar-refractivity contribution in [3.8, 4) is 0 Å². The minimum atomic E-state index is -0.220. The lowest BCUT2D eigenvalue weighted by atomic mass is 9.49. The average Bonchev–Trinajstić information content (AvgIpc) is 1.94. The van der Waals surface area contributed by atoms with Crippen LogP contribution in [0.3, 0.4) is 0 Å². The Balaban J connectivity index is 2.89. The highest BCUT2D eigenvalue weighted by atomic mass is 16.1. The SMILES string of the molecule is [B][B]C1=CC(=O)C=CC1=O. The number of ketones is 2. The third kappa shape index (κ3) is 1.26. The lowest BCUT2D eigenvalue weighted by molar-refractivity contribution is -0.114. The van der Waals surface area contributed by atoms with Gasteiger partial charge in [-0.15, -0.1) is 0 Å². The minimum Gasteiger partial charge on any atom is -0.291 e. The Kier molecular flexibility index (Phi) is 1.90. The van der Waals surface area contributed by atoms with Crippen molar-refractivity contribution in [3.05, 3.63) is 23.7 Å². The number of hydrogen-bond acceptors (Lipinski definition) is 2. The molecule has 0 spiro atoms. The number of hydrogen-bond donors (Lipinski definition) is 0. The zero-order chi connectivity index (χ0) is 7.56. The fraction of sp³-hybridized carbons (Fsp3) is 0. The van der Waals surface area contributed by atoms with Gasteiger partial charge in [0.1, 0.15) is 7.17 Å². The summed E-state index contributed by atoms with van der Waals surface area (Å²) in [5.74, 6) is -0.418. The quantitative estimate of drug-likeness (QED) is 0.348. The van der Waals surface area contributed by atoms with Crippen molar-refractivity contribution in [1.29, 1.82) is 0 Å². The molecule has 1 rings (SSSR count). The molecule has 0 unspecified atom stereocenters. The molecule has 4 heteroatoms. The van der Waals surface area contributed by atoms with Crippen LogP contribution in [0, 0.1) is 0 Å². The van der Waals surface area contributed by atoms with Gasteiger partial charge < -0.3 is 0 Å². The van der Waals surface area contributed by atoms with E-state index in [0.717, 1.165) is 7.17 Å². The van der Waals surface area contributed by atoms with Gasteiger partial charge in [-0.25, -0.2) is 0 Å². The van der Waals surface area contributed by atoms with Crippen LogP contribution in [0.4, 0.5) is 0 Å². The van der Waals surface area contributed by atoms with Gasteiger partial charge in [0.2, 0.25) is 0 Å². The molecular formula is C6H3B2O2. The molecule has 0 saturated carbocycles. The molecule has 0 atom stereocenters. The highest BCUT2D eigenvalue weighted by Gasteiger charge is 2.09. The smallest absolute Gasteiger partial charge is 0.178 e. The van der Waals surface area contributed by atoms with Crippen molar-refractivity contribution < 1.29 is 9.59 Å². The summed E-state index contributed by atoms with van der Waals surface area (Å²) < 4.78 is 0. The fourth-order valence-corrected chi connectivity index (χ4v) is 0.657. The second-order valence-corrected chi connectivity index (χ2v) is 1.87. The Morgan fingerprint density at radius 1 is 1.30 bits per heavy atom. The summed E-state index contributed by atoms with van der Waals surface area (Å²) in [6.07, 6.45) is 3.64. The molecule has 2 nitrogen and oxygen atoms in total. The van der Waals surface area contributed by atoms with Crippen LogP contribution in [-0.2, 0) is 9.59 Å². The highest BCUT2D eigenvalue weighted by Crippen LogP contribution is 2.01. The molecule has 0 aromatic heterocycles. The molecule has 0 amide bonds. The van der Waals surface area contributed by atoms with Crippen molar-refractivity contribution in [2.24, 2.45) is 0 Å². The summed E-state index contributed by atoms with van der Waals surface area (Å²) in [6, 6.07) is 0. The van der Waals surface area contributed by atoms with E-state index < -0.39 is 0 Å². The first kappa shape index (κ1) is 7.06. The van der Waals surface area contributed by atoms with Crippen molar-refractivity contribution in [2.45, 2.75) is 0 Å². The molecule has 1 aliphatic rings. The summed E-state index contributed by atoms with van der Waals surface area (Å²) in [5, 5.41) is 0. The first-order chi connectivity index (χ1) is 4.74. The van der Waals surface area contributed by atoms with E-state index >= 15 is 0 Å². The molecule has 10 heavy (non-hydrogen) atoms. The topological polar surface area (TPSA) is 34.1 Å². The molecule has 45 valence electrons. The van der Waals surface area contributed by atoms with E-state index in [9.17, 15) is 9.59 Å². The number of allylic oxidation sites excluding steroid dienone is 4. The van der Waals surface area contributed by atoms with Gasteiger partial charge in [0.05, 0.1) is 0 Å². The Labute approximate surface area is 60.6 Å². The second-order valence-electron chi connectivity index (χ2n) is 1.87. The van der Waals surface area contributed by atoms with Gasteiger partial charge in [-0.1, -0.05) is 0 Å². The largest absolute Gasteiger partial charge is 0.291 e. The summed E-state index contributed by atoms with van der Waals surface area (Å²) in [6.45, 7) is 0. The molecule has 1 aliphatic carbocycles. The maximum Gasteiger partial charge on any atom is 0.178 e. The molecule has 0 aromatic carbocycles. The van der Waals surface area contributed by atoms with Crippen LogP contribution in [0.25, 0.3) is 0 Å². The van der Waals surface area contributed by atoms with Gasteiger partial charge in [0.25, 0.3) is 0 Å². The Morgan fingerprint density at radius 2 is 2.00 bits per heavy atom. The van der Waals surface area contributed by atoms with Crippen molar-refractivity contribution in [2.75, 3.05) is 0 Å². The highest BCUT2D eigenvalue weighted by molar-refractivity contribution is 6.96. The van der Waals surface area contributed by atoms with Gasteiger partial charge in [0, 0.05) is 7.74 Å². The summed E-state index contributed by atoms with van der Waals surface area (Å²) in [4.78, 5) is 21.3. The third-order valence-corrected chi connectivity index (χ3v) is 1.16. The predicted octanol–water partition coefficient (Wildman–Crippen LogP) is -0.634. The fourth-order valence-electron chi connectivity index (χ4n) is 0.657. The van der Waals surface area contributed by atoms with E-state index in [2.05, 4.69) is 0 Å². The van der Waals surface area contributed by atoms with Gasteiger partial charge in [0.15, 0.2) is 11.6 Å². The first-order valence-corrected chi connectivity index (χ1v) is 2.77. The Bertz CT molecular complexity index is 240. The van der Waals surface area contributed by atoms with Crippen LogP contribution in [-0.4, -0.2) is 26.5 Å². The first-order valence-electron chi connectivity index (χ1n) is 2.77. The van der Waals surface area contributed by atoms with E-state index in [1.54, 1.807) is 0 Å². The van der Waals surface area contributed by atoms with Crippen LogP contribution in [0.1, 0.15) is 0 Å². The van der Waals surface area contributed by atoms with E-state index in [1.165, 1.54) is 18.2 Å². The molecule has 0 fully saturated rings. The van der Waals surface area contributed by atoms with Crippen LogP contribution >= 0.6 is 0 Å². The van der Waals surface area contributed by atoms with Crippen LogP contribution < -0.4 is 0 Å². The maximum atomic E-state index is 10.8. The van der Waals surface area contributed by atoms with Crippen molar-refractivity contribution in [3.63, 3.8) is 0 Å². The number of carbonyl (C=O) groups excluding carboxylic acids is 2. The predicted molar refractivity (Wildman–Crippen MR) is 38.7 cm³/mol. The van der Waals surface area contributed by atoms with E-state index in [4.69, 9.17) is 7.74 Å². The van der Waals surface area contributed by atoms with Gasteiger partial charge in [-0.3, -0.25) is 9.59 Å². The van der Waals surface area contributed by atoms with Crippen LogP contribution in [0.5, 0.6) is 0 Å². The molecule has 0 aromatic rings. The van der Waals surface area contributed by atoms with Gasteiger partial charge >= 0.3 is 0 Å². The van der Waals surface area contributed by atoms with E-state index in [0.29, 0.717) is 0 Å².